The van der Waals surface area contributed by atoms with Crippen LogP contribution in [-0.2, 0) is 12.6 Å². The standard InChI is InChI=1S/C15H15F3N2/c1-10-5-4-8-14-19-13(9-20(10)14)11-6-2-3-7-12(11)15(16,17)18/h2-3,6-7,9-10H,4-5,8H2,1H3. The van der Waals surface area contributed by atoms with Crippen molar-refractivity contribution >= 4 is 0 Å². The maximum atomic E-state index is 13.1. The number of aryl methyl sites for hydroxylation is 1. The molecule has 1 aromatic carbocycles. The fourth-order valence-corrected chi connectivity index (χ4v) is 2.78. The summed E-state index contributed by atoms with van der Waals surface area (Å²) in [5, 5.41) is 0. The lowest BCUT2D eigenvalue weighted by atomic mass is 10.0. The van der Waals surface area contributed by atoms with E-state index >= 15 is 0 Å². The van der Waals surface area contributed by atoms with E-state index in [2.05, 4.69) is 11.9 Å². The molecule has 0 spiro atoms. The third kappa shape index (κ3) is 2.21. The van der Waals surface area contributed by atoms with Crippen LogP contribution in [0.1, 0.15) is 37.2 Å². The van der Waals surface area contributed by atoms with Gasteiger partial charge in [-0.3, -0.25) is 0 Å². The molecule has 1 aliphatic heterocycles. The van der Waals surface area contributed by atoms with Crippen molar-refractivity contribution in [2.24, 2.45) is 0 Å². The van der Waals surface area contributed by atoms with E-state index in [1.54, 1.807) is 12.3 Å². The molecule has 5 heteroatoms. The highest BCUT2D eigenvalue weighted by Crippen LogP contribution is 2.37. The quantitative estimate of drug-likeness (QED) is 0.753. The van der Waals surface area contributed by atoms with Gasteiger partial charge in [0, 0.05) is 24.2 Å². The second-order valence-corrected chi connectivity index (χ2v) is 5.23. The van der Waals surface area contributed by atoms with Crippen LogP contribution in [0.25, 0.3) is 11.3 Å². The summed E-state index contributed by atoms with van der Waals surface area (Å²) in [4.78, 5) is 4.41. The lowest BCUT2D eigenvalue weighted by molar-refractivity contribution is -0.137. The maximum absolute atomic E-state index is 13.1. The highest BCUT2D eigenvalue weighted by Gasteiger charge is 2.34. The molecule has 0 saturated carbocycles. The van der Waals surface area contributed by atoms with Crippen LogP contribution in [0, 0.1) is 0 Å². The van der Waals surface area contributed by atoms with Gasteiger partial charge in [-0.05, 0) is 25.8 Å². The van der Waals surface area contributed by atoms with Crippen LogP contribution in [-0.4, -0.2) is 9.55 Å². The predicted molar refractivity (Wildman–Crippen MR) is 70.3 cm³/mol. The minimum Gasteiger partial charge on any atom is -0.331 e. The van der Waals surface area contributed by atoms with Crippen LogP contribution in [0.2, 0.25) is 0 Å². The summed E-state index contributed by atoms with van der Waals surface area (Å²) in [5.41, 5.74) is -0.0427. The van der Waals surface area contributed by atoms with E-state index < -0.39 is 11.7 Å². The third-order valence-electron chi connectivity index (χ3n) is 3.81. The number of aromatic nitrogens is 2. The van der Waals surface area contributed by atoms with Crippen LogP contribution in [0.4, 0.5) is 13.2 Å². The SMILES string of the molecule is CC1CCCc2nc(-c3ccccc3C(F)(F)F)cn21. The number of hydrogen-bond donors (Lipinski definition) is 0. The topological polar surface area (TPSA) is 17.8 Å². The summed E-state index contributed by atoms with van der Waals surface area (Å²) in [6, 6.07) is 5.92. The van der Waals surface area contributed by atoms with Gasteiger partial charge in [-0.1, -0.05) is 18.2 Å². The fourth-order valence-electron chi connectivity index (χ4n) is 2.78. The zero-order chi connectivity index (χ0) is 14.3. The first-order valence-corrected chi connectivity index (χ1v) is 6.71. The highest BCUT2D eigenvalue weighted by molar-refractivity contribution is 5.64. The molecule has 0 fully saturated rings. The Labute approximate surface area is 115 Å². The van der Waals surface area contributed by atoms with Crippen molar-refractivity contribution < 1.29 is 13.2 Å². The van der Waals surface area contributed by atoms with Gasteiger partial charge in [0.05, 0.1) is 11.3 Å². The smallest absolute Gasteiger partial charge is 0.331 e. The summed E-state index contributed by atoms with van der Waals surface area (Å²) in [6.07, 6.45) is 0.316. The van der Waals surface area contributed by atoms with Crippen molar-refractivity contribution in [3.05, 3.63) is 41.9 Å². The molecule has 0 saturated heterocycles. The largest absolute Gasteiger partial charge is 0.417 e. The Morgan fingerprint density at radius 2 is 2.00 bits per heavy atom. The number of nitrogens with zero attached hydrogens (tertiary/aromatic N) is 2. The maximum Gasteiger partial charge on any atom is 0.417 e. The van der Waals surface area contributed by atoms with E-state index in [9.17, 15) is 13.2 Å². The van der Waals surface area contributed by atoms with Gasteiger partial charge in [0.25, 0.3) is 0 Å². The monoisotopic (exact) mass is 280 g/mol. The molecule has 0 radical (unpaired) electrons. The Morgan fingerprint density at radius 3 is 2.70 bits per heavy atom. The molecule has 2 heterocycles. The molecule has 1 atom stereocenters. The number of benzene rings is 1. The van der Waals surface area contributed by atoms with Crippen molar-refractivity contribution in [3.8, 4) is 11.3 Å². The van der Waals surface area contributed by atoms with Crippen molar-refractivity contribution in [2.45, 2.75) is 38.4 Å². The fraction of sp³-hybridized carbons (Fsp3) is 0.400. The molecular weight excluding hydrogens is 265 g/mol. The van der Waals surface area contributed by atoms with Crippen LogP contribution >= 0.6 is 0 Å². The van der Waals surface area contributed by atoms with Crippen molar-refractivity contribution in [3.63, 3.8) is 0 Å². The molecule has 20 heavy (non-hydrogen) atoms. The van der Waals surface area contributed by atoms with E-state index in [0.717, 1.165) is 31.2 Å². The first kappa shape index (κ1) is 13.2. The summed E-state index contributed by atoms with van der Waals surface area (Å²) in [6.45, 7) is 2.07. The normalized spacial score (nSPS) is 18.9. The van der Waals surface area contributed by atoms with Crippen molar-refractivity contribution in [2.75, 3.05) is 0 Å². The Morgan fingerprint density at radius 1 is 1.25 bits per heavy atom. The van der Waals surface area contributed by atoms with Gasteiger partial charge >= 0.3 is 6.18 Å². The van der Waals surface area contributed by atoms with Gasteiger partial charge in [-0.25, -0.2) is 4.98 Å². The second-order valence-electron chi connectivity index (χ2n) is 5.23. The third-order valence-corrected chi connectivity index (χ3v) is 3.81. The van der Waals surface area contributed by atoms with Crippen LogP contribution in [0.5, 0.6) is 0 Å². The van der Waals surface area contributed by atoms with Gasteiger partial charge in [-0.2, -0.15) is 13.2 Å². The lowest BCUT2D eigenvalue weighted by Gasteiger charge is -2.20. The van der Waals surface area contributed by atoms with Gasteiger partial charge in [0.1, 0.15) is 5.82 Å². The molecule has 2 aromatic rings. The number of imidazole rings is 1. The van der Waals surface area contributed by atoms with Gasteiger partial charge in [0.15, 0.2) is 0 Å². The highest BCUT2D eigenvalue weighted by atomic mass is 19.4. The summed E-state index contributed by atoms with van der Waals surface area (Å²) < 4.78 is 41.2. The zero-order valence-corrected chi connectivity index (χ0v) is 11.1. The Balaban J connectivity index is 2.11. The van der Waals surface area contributed by atoms with E-state index in [4.69, 9.17) is 0 Å². The number of alkyl halides is 3. The van der Waals surface area contributed by atoms with E-state index in [0.29, 0.717) is 11.7 Å². The molecule has 0 N–H and O–H groups in total. The number of rotatable bonds is 1. The number of halogens is 3. The van der Waals surface area contributed by atoms with Crippen LogP contribution in [0.3, 0.4) is 0 Å². The number of fused-ring (bicyclic) bond motifs is 1. The first-order chi connectivity index (χ1) is 9.47. The molecule has 1 aromatic heterocycles. The number of hydrogen-bond acceptors (Lipinski definition) is 1. The van der Waals surface area contributed by atoms with Crippen molar-refractivity contribution in [1.29, 1.82) is 0 Å². The molecule has 2 nitrogen and oxygen atoms in total. The molecule has 0 bridgehead atoms. The lowest BCUT2D eigenvalue weighted by Crippen LogP contribution is -2.14. The molecule has 106 valence electrons. The molecule has 0 aliphatic carbocycles. The second kappa shape index (κ2) is 4.65. The van der Waals surface area contributed by atoms with Crippen molar-refractivity contribution in [1.82, 2.24) is 9.55 Å². The van der Waals surface area contributed by atoms with Crippen LogP contribution in [0.15, 0.2) is 30.5 Å². The minimum absolute atomic E-state index is 0.161. The summed E-state index contributed by atoms with van der Waals surface area (Å²) in [5.74, 6) is 0.885. The molecule has 1 unspecified atom stereocenters. The molecule has 3 rings (SSSR count). The Bertz CT molecular complexity index is 628. The summed E-state index contributed by atoms with van der Waals surface area (Å²) in [7, 11) is 0. The van der Waals surface area contributed by atoms with E-state index in [1.165, 1.54) is 12.1 Å². The first-order valence-electron chi connectivity index (χ1n) is 6.71. The zero-order valence-electron chi connectivity index (χ0n) is 11.1. The molecule has 1 aliphatic rings. The molecule has 0 amide bonds. The van der Waals surface area contributed by atoms with Crippen LogP contribution < -0.4 is 0 Å². The van der Waals surface area contributed by atoms with E-state index in [1.807, 2.05) is 4.57 Å². The minimum atomic E-state index is -4.35. The average Bonchev–Trinajstić information content (AvgIpc) is 2.83. The Kier molecular flexibility index (Phi) is 3.07. The summed E-state index contributed by atoms with van der Waals surface area (Å²) >= 11 is 0. The van der Waals surface area contributed by atoms with Gasteiger partial charge < -0.3 is 4.57 Å². The average molecular weight is 280 g/mol. The van der Waals surface area contributed by atoms with Gasteiger partial charge in [0.2, 0.25) is 0 Å². The Hall–Kier alpha value is -1.78. The van der Waals surface area contributed by atoms with Gasteiger partial charge in [-0.15, -0.1) is 0 Å². The predicted octanol–water partition coefficient (Wildman–Crippen LogP) is 4.47. The molecular formula is C15H15F3N2. The van der Waals surface area contributed by atoms with E-state index in [-0.39, 0.29) is 5.56 Å².